The summed E-state index contributed by atoms with van der Waals surface area (Å²) in [4.78, 5) is 18.6. The molecule has 1 unspecified atom stereocenters. The predicted molar refractivity (Wildman–Crippen MR) is 146 cm³/mol. The summed E-state index contributed by atoms with van der Waals surface area (Å²) in [7, 11) is 0. The fourth-order valence-corrected chi connectivity index (χ4v) is 5.32. The van der Waals surface area contributed by atoms with Crippen molar-refractivity contribution in [2.24, 2.45) is 0 Å². The van der Waals surface area contributed by atoms with Gasteiger partial charge >= 0.3 is 5.97 Å². The number of carbonyl (C=O) groups is 1. The van der Waals surface area contributed by atoms with Crippen LogP contribution in [0.1, 0.15) is 50.7 Å². The van der Waals surface area contributed by atoms with Gasteiger partial charge in [0.2, 0.25) is 5.89 Å². The molecule has 1 aliphatic rings. The van der Waals surface area contributed by atoms with Gasteiger partial charge in [0, 0.05) is 29.8 Å². The molecule has 0 spiro atoms. The van der Waals surface area contributed by atoms with E-state index in [4.69, 9.17) is 14.1 Å². The number of aliphatic carboxylic acids is 1. The molecule has 1 fully saturated rings. The zero-order valence-corrected chi connectivity index (χ0v) is 21.7. The van der Waals surface area contributed by atoms with Gasteiger partial charge in [-0.05, 0) is 69.0 Å². The Hall–Kier alpha value is -3.64. The largest absolute Gasteiger partial charge is 0.491 e. The van der Waals surface area contributed by atoms with Crippen molar-refractivity contribution in [3.8, 4) is 28.3 Å². The van der Waals surface area contributed by atoms with Crippen LogP contribution in [0, 0.1) is 6.92 Å². The minimum Gasteiger partial charge on any atom is -0.491 e. The molecule has 6 heteroatoms. The van der Waals surface area contributed by atoms with Crippen LogP contribution < -0.4 is 4.74 Å². The van der Waals surface area contributed by atoms with Crippen molar-refractivity contribution < 1.29 is 19.1 Å². The van der Waals surface area contributed by atoms with Gasteiger partial charge in [0.25, 0.3) is 0 Å². The van der Waals surface area contributed by atoms with Crippen molar-refractivity contribution in [2.45, 2.75) is 65.1 Å². The Labute approximate surface area is 217 Å². The summed E-state index contributed by atoms with van der Waals surface area (Å²) in [5.74, 6) is 0.597. The number of nitrogens with zero attached hydrogens (tertiary/aromatic N) is 2. The van der Waals surface area contributed by atoms with E-state index in [2.05, 4.69) is 30.0 Å². The van der Waals surface area contributed by atoms with Crippen LogP contribution in [0.4, 0.5) is 0 Å². The number of carboxylic acids is 1. The summed E-state index contributed by atoms with van der Waals surface area (Å²) in [6, 6.07) is 20.5. The maximum absolute atomic E-state index is 11.5. The molecule has 0 radical (unpaired) electrons. The lowest BCUT2D eigenvalue weighted by Gasteiger charge is -2.35. The van der Waals surface area contributed by atoms with E-state index in [9.17, 15) is 9.90 Å². The number of rotatable bonds is 8. The Morgan fingerprint density at radius 1 is 1.11 bits per heavy atom. The lowest BCUT2D eigenvalue weighted by atomic mass is 9.96. The van der Waals surface area contributed by atoms with E-state index in [1.54, 1.807) is 0 Å². The molecule has 0 aliphatic carbocycles. The number of benzene rings is 3. The molecular weight excluding hydrogens is 464 g/mol. The molecule has 1 saturated heterocycles. The number of oxazole rings is 1. The van der Waals surface area contributed by atoms with E-state index >= 15 is 0 Å². The molecule has 2 heterocycles. The molecule has 1 aliphatic heterocycles. The van der Waals surface area contributed by atoms with E-state index in [1.165, 1.54) is 0 Å². The lowest BCUT2D eigenvalue weighted by Crippen LogP contribution is -2.40. The predicted octanol–water partition coefficient (Wildman–Crippen LogP) is 7.09. The van der Waals surface area contributed by atoms with Gasteiger partial charge in [-0.3, -0.25) is 9.69 Å². The van der Waals surface area contributed by atoms with Gasteiger partial charge in [0.15, 0.2) is 5.58 Å². The first kappa shape index (κ1) is 25.0. The maximum Gasteiger partial charge on any atom is 0.304 e. The Balaban J connectivity index is 1.52. The molecule has 1 atom stereocenters. The fraction of sp³-hybridized carbons (Fsp3) is 0.355. The number of carboxylic acid groups (broad SMARTS) is 1. The number of ether oxygens (including phenoxy) is 1. The van der Waals surface area contributed by atoms with Crippen LogP contribution in [0.5, 0.6) is 5.75 Å². The van der Waals surface area contributed by atoms with Crippen molar-refractivity contribution in [1.82, 2.24) is 9.88 Å². The highest BCUT2D eigenvalue weighted by Crippen LogP contribution is 2.36. The van der Waals surface area contributed by atoms with Gasteiger partial charge in [0.1, 0.15) is 11.3 Å². The van der Waals surface area contributed by atoms with E-state index in [1.807, 2.05) is 56.3 Å². The van der Waals surface area contributed by atoms with Crippen LogP contribution in [0.15, 0.2) is 65.1 Å². The Bertz CT molecular complexity index is 1390. The average molecular weight is 499 g/mol. The normalized spacial score (nSPS) is 16.4. The third-order valence-corrected chi connectivity index (χ3v) is 7.12. The summed E-state index contributed by atoms with van der Waals surface area (Å²) in [5.41, 5.74) is 6.85. The van der Waals surface area contributed by atoms with E-state index in [-0.39, 0.29) is 18.6 Å². The van der Waals surface area contributed by atoms with Crippen LogP contribution in [-0.2, 0) is 11.3 Å². The van der Waals surface area contributed by atoms with Gasteiger partial charge < -0.3 is 14.3 Å². The van der Waals surface area contributed by atoms with Crippen molar-refractivity contribution in [3.05, 3.63) is 71.8 Å². The van der Waals surface area contributed by atoms with Gasteiger partial charge in [0.05, 0.1) is 12.5 Å². The SMILES string of the molecule is Cc1c(-c2ccccc2)cccc1-c1nc2cc(CN3CCCCC3CC(=O)O)c(OC(C)C)cc2o1. The van der Waals surface area contributed by atoms with Gasteiger partial charge in [-0.2, -0.15) is 0 Å². The minimum absolute atomic E-state index is 0.000405. The number of aromatic nitrogens is 1. The van der Waals surface area contributed by atoms with E-state index < -0.39 is 5.97 Å². The highest BCUT2D eigenvalue weighted by molar-refractivity contribution is 5.82. The number of piperidine rings is 1. The molecule has 0 amide bonds. The van der Waals surface area contributed by atoms with Crippen molar-refractivity contribution >= 4 is 17.1 Å². The monoisotopic (exact) mass is 498 g/mol. The Morgan fingerprint density at radius 2 is 1.89 bits per heavy atom. The summed E-state index contributed by atoms with van der Waals surface area (Å²) in [6.07, 6.45) is 3.20. The smallest absolute Gasteiger partial charge is 0.304 e. The van der Waals surface area contributed by atoms with Crippen molar-refractivity contribution in [3.63, 3.8) is 0 Å². The number of fused-ring (bicyclic) bond motifs is 1. The number of hydrogen-bond donors (Lipinski definition) is 1. The van der Waals surface area contributed by atoms with E-state index in [0.29, 0.717) is 18.0 Å². The van der Waals surface area contributed by atoms with E-state index in [0.717, 1.165) is 64.9 Å². The third-order valence-electron chi connectivity index (χ3n) is 7.12. The first-order valence-electron chi connectivity index (χ1n) is 13.1. The van der Waals surface area contributed by atoms with Gasteiger partial charge in [-0.15, -0.1) is 0 Å². The topological polar surface area (TPSA) is 75.8 Å². The third kappa shape index (κ3) is 5.54. The second-order valence-electron chi connectivity index (χ2n) is 10.2. The Kier molecular flexibility index (Phi) is 7.28. The molecule has 1 aromatic heterocycles. The highest BCUT2D eigenvalue weighted by Gasteiger charge is 2.26. The van der Waals surface area contributed by atoms with Crippen LogP contribution in [-0.4, -0.2) is 39.7 Å². The molecule has 0 bridgehead atoms. The van der Waals surface area contributed by atoms with Crippen molar-refractivity contribution in [2.75, 3.05) is 6.54 Å². The van der Waals surface area contributed by atoms with Crippen molar-refractivity contribution in [1.29, 1.82) is 0 Å². The molecule has 4 aromatic rings. The minimum atomic E-state index is -0.750. The summed E-state index contributed by atoms with van der Waals surface area (Å²) >= 11 is 0. The molecule has 0 saturated carbocycles. The van der Waals surface area contributed by atoms with Crippen LogP contribution >= 0.6 is 0 Å². The van der Waals surface area contributed by atoms with Gasteiger partial charge in [-0.1, -0.05) is 48.9 Å². The summed E-state index contributed by atoms with van der Waals surface area (Å²) in [5, 5.41) is 9.42. The Morgan fingerprint density at radius 3 is 2.65 bits per heavy atom. The zero-order chi connectivity index (χ0) is 25.9. The van der Waals surface area contributed by atoms with Crippen LogP contribution in [0.2, 0.25) is 0 Å². The van der Waals surface area contributed by atoms with Gasteiger partial charge in [-0.25, -0.2) is 4.98 Å². The quantitative estimate of drug-likeness (QED) is 0.280. The molecular formula is C31H34N2O4. The molecule has 5 rings (SSSR count). The highest BCUT2D eigenvalue weighted by atomic mass is 16.5. The summed E-state index contributed by atoms with van der Waals surface area (Å²) in [6.45, 7) is 7.62. The average Bonchev–Trinajstić information content (AvgIpc) is 3.28. The standard InChI is InChI=1S/C31H34N2O4/c1-20(2)36-28-18-29-27(16-23(28)19-33-15-8-7-12-24(33)17-30(34)35)32-31(37-29)26-14-9-13-25(21(26)3)22-10-5-4-6-11-22/h4-6,9-11,13-14,16,18,20,24H,7-8,12,15,17,19H2,1-3H3,(H,34,35). The molecule has 37 heavy (non-hydrogen) atoms. The fourth-order valence-electron chi connectivity index (χ4n) is 5.32. The maximum atomic E-state index is 11.5. The lowest BCUT2D eigenvalue weighted by molar-refractivity contribution is -0.138. The molecule has 192 valence electrons. The number of hydrogen-bond acceptors (Lipinski definition) is 5. The van der Waals surface area contributed by atoms with Crippen LogP contribution in [0.25, 0.3) is 33.7 Å². The molecule has 1 N–H and O–H groups in total. The molecule has 3 aromatic carbocycles. The van der Waals surface area contributed by atoms with Crippen LogP contribution in [0.3, 0.4) is 0 Å². The molecule has 6 nitrogen and oxygen atoms in total. The zero-order valence-electron chi connectivity index (χ0n) is 21.7. The second kappa shape index (κ2) is 10.8. The first-order valence-corrected chi connectivity index (χ1v) is 13.1. The summed E-state index contributed by atoms with van der Waals surface area (Å²) < 4.78 is 12.5. The second-order valence-corrected chi connectivity index (χ2v) is 10.2. The first-order chi connectivity index (χ1) is 17.9. The number of likely N-dealkylation sites (tertiary alicyclic amines) is 1.